The largest absolute Gasteiger partial charge is 0.346 e. The molecule has 0 bridgehead atoms. The van der Waals surface area contributed by atoms with Crippen molar-refractivity contribution in [2.24, 2.45) is 0 Å². The van der Waals surface area contributed by atoms with E-state index < -0.39 is 5.54 Å². The lowest BCUT2D eigenvalue weighted by molar-refractivity contribution is -0.129. The maximum absolute atomic E-state index is 12.1. The van der Waals surface area contributed by atoms with Crippen molar-refractivity contribution in [1.29, 1.82) is 5.41 Å². The van der Waals surface area contributed by atoms with Gasteiger partial charge in [0.1, 0.15) is 0 Å². The fourth-order valence-corrected chi connectivity index (χ4v) is 2.81. The molecule has 120 valence electrons. The molecule has 1 aromatic carbocycles. The first-order valence-electron chi connectivity index (χ1n) is 7.60. The molecule has 0 spiro atoms. The lowest BCUT2D eigenvalue weighted by Gasteiger charge is -2.39. The summed E-state index contributed by atoms with van der Waals surface area (Å²) in [6, 6.07) is 11.4. The molecule has 3 rings (SSSR count). The van der Waals surface area contributed by atoms with Crippen LogP contribution in [0.15, 0.2) is 42.6 Å². The van der Waals surface area contributed by atoms with Gasteiger partial charge in [0.25, 0.3) is 0 Å². The van der Waals surface area contributed by atoms with Crippen molar-refractivity contribution < 1.29 is 4.79 Å². The second-order valence-corrected chi connectivity index (χ2v) is 6.09. The van der Waals surface area contributed by atoms with Crippen LogP contribution in [0.1, 0.15) is 24.5 Å². The number of guanidine groups is 1. The third-order valence-corrected chi connectivity index (χ3v) is 4.33. The maximum atomic E-state index is 12.1. The lowest BCUT2D eigenvalue weighted by Crippen LogP contribution is -2.58. The first-order chi connectivity index (χ1) is 11.4. The molecule has 1 aromatic heterocycles. The number of carbonyl (C=O) groups excluding carboxylic acids is 1. The van der Waals surface area contributed by atoms with Gasteiger partial charge in [0.15, 0.2) is 5.96 Å². The van der Waals surface area contributed by atoms with E-state index in [1.807, 2.05) is 43.3 Å². The van der Waals surface area contributed by atoms with Crippen LogP contribution in [-0.4, -0.2) is 28.8 Å². The highest BCUT2D eigenvalue weighted by molar-refractivity contribution is 5.98. The maximum Gasteiger partial charge on any atom is 0.231 e. The Bertz CT molecular complexity index is 848. The van der Waals surface area contributed by atoms with Crippen LogP contribution in [0.4, 0.5) is 0 Å². The van der Waals surface area contributed by atoms with E-state index in [1.165, 1.54) is 4.90 Å². The summed E-state index contributed by atoms with van der Waals surface area (Å²) < 4.78 is 0. The SMILES string of the molecule is C#Cc1cccc(-c2cc([C@]3(C)CC(=O)N(C)C(=N)N3)ccn2)c1. The van der Waals surface area contributed by atoms with Crippen LogP contribution in [0.2, 0.25) is 0 Å². The average Bonchev–Trinajstić information content (AvgIpc) is 2.60. The van der Waals surface area contributed by atoms with Crippen LogP contribution >= 0.6 is 0 Å². The molecule has 0 aliphatic carbocycles. The van der Waals surface area contributed by atoms with Crippen molar-refractivity contribution >= 4 is 11.9 Å². The Morgan fingerprint density at radius 1 is 1.38 bits per heavy atom. The molecule has 1 fully saturated rings. The van der Waals surface area contributed by atoms with Crippen molar-refractivity contribution in [2.45, 2.75) is 18.9 Å². The Morgan fingerprint density at radius 2 is 2.17 bits per heavy atom. The van der Waals surface area contributed by atoms with Crippen LogP contribution in [-0.2, 0) is 10.3 Å². The molecule has 0 unspecified atom stereocenters. The number of aromatic nitrogens is 1. The molecule has 1 aliphatic heterocycles. The van der Waals surface area contributed by atoms with Gasteiger partial charge in [-0.2, -0.15) is 0 Å². The molecule has 24 heavy (non-hydrogen) atoms. The Hall–Kier alpha value is -3.13. The van der Waals surface area contributed by atoms with Gasteiger partial charge in [-0.3, -0.25) is 20.1 Å². The van der Waals surface area contributed by atoms with E-state index in [-0.39, 0.29) is 18.3 Å². The molecule has 5 nitrogen and oxygen atoms in total. The number of benzene rings is 1. The second kappa shape index (κ2) is 5.82. The first kappa shape index (κ1) is 15.8. The Kier molecular flexibility index (Phi) is 3.82. The molecule has 1 amide bonds. The van der Waals surface area contributed by atoms with Crippen molar-refractivity contribution in [3.05, 3.63) is 53.7 Å². The zero-order valence-corrected chi connectivity index (χ0v) is 13.6. The molecule has 5 heteroatoms. The number of hydrogen-bond donors (Lipinski definition) is 2. The van der Waals surface area contributed by atoms with E-state index in [0.717, 1.165) is 22.4 Å². The summed E-state index contributed by atoms with van der Waals surface area (Å²) in [7, 11) is 1.60. The normalized spacial score (nSPS) is 20.5. The van der Waals surface area contributed by atoms with Crippen molar-refractivity contribution in [3.8, 4) is 23.6 Å². The number of carbonyl (C=O) groups is 1. The summed E-state index contributed by atoms with van der Waals surface area (Å²) in [4.78, 5) is 17.9. The van der Waals surface area contributed by atoms with E-state index in [9.17, 15) is 4.79 Å². The minimum atomic E-state index is -0.637. The highest BCUT2D eigenvalue weighted by Crippen LogP contribution is 2.30. The smallest absolute Gasteiger partial charge is 0.231 e. The molecule has 0 saturated carbocycles. The van der Waals surface area contributed by atoms with Gasteiger partial charge >= 0.3 is 0 Å². The fraction of sp³-hybridized carbons (Fsp3) is 0.211. The summed E-state index contributed by atoms with van der Waals surface area (Å²) in [5.41, 5.74) is 2.77. The van der Waals surface area contributed by atoms with Crippen molar-refractivity contribution in [1.82, 2.24) is 15.2 Å². The quantitative estimate of drug-likeness (QED) is 0.835. The van der Waals surface area contributed by atoms with Crippen LogP contribution in [0.3, 0.4) is 0 Å². The van der Waals surface area contributed by atoms with Gasteiger partial charge < -0.3 is 5.32 Å². The van der Waals surface area contributed by atoms with Gasteiger partial charge in [0.05, 0.1) is 17.7 Å². The third-order valence-electron chi connectivity index (χ3n) is 4.33. The summed E-state index contributed by atoms with van der Waals surface area (Å²) in [5, 5.41) is 11.1. The predicted molar refractivity (Wildman–Crippen MR) is 93.2 cm³/mol. The zero-order chi connectivity index (χ0) is 17.3. The Balaban J connectivity index is 2.00. The van der Waals surface area contributed by atoms with Gasteiger partial charge in [-0.05, 0) is 36.8 Å². The molecule has 1 saturated heterocycles. The van der Waals surface area contributed by atoms with Crippen LogP contribution in [0.25, 0.3) is 11.3 Å². The topological polar surface area (TPSA) is 69.1 Å². The Labute approximate surface area is 141 Å². The summed E-state index contributed by atoms with van der Waals surface area (Å²) in [5.74, 6) is 2.63. The van der Waals surface area contributed by atoms with E-state index in [0.29, 0.717) is 0 Å². The lowest BCUT2D eigenvalue weighted by atomic mass is 9.86. The van der Waals surface area contributed by atoms with Crippen LogP contribution in [0, 0.1) is 17.8 Å². The number of amides is 1. The van der Waals surface area contributed by atoms with Gasteiger partial charge in [-0.15, -0.1) is 6.42 Å². The minimum Gasteiger partial charge on any atom is -0.346 e. The molecule has 2 heterocycles. The first-order valence-corrected chi connectivity index (χ1v) is 7.60. The summed E-state index contributed by atoms with van der Waals surface area (Å²) in [6.45, 7) is 1.92. The molecule has 1 atom stereocenters. The zero-order valence-electron chi connectivity index (χ0n) is 13.6. The fourth-order valence-electron chi connectivity index (χ4n) is 2.81. The van der Waals surface area contributed by atoms with E-state index in [2.05, 4.69) is 16.2 Å². The number of nitrogens with one attached hydrogen (secondary N) is 2. The molecule has 1 aliphatic rings. The highest BCUT2D eigenvalue weighted by Gasteiger charge is 2.38. The standard InChI is InChI=1S/C19H18N4O/c1-4-13-6-5-7-14(10-13)16-11-15(8-9-21-16)19(2)12-17(24)23(3)18(20)22-19/h1,5-11H,12H2,2-3H3,(H2,20,22)/t19-/m0/s1. The molecule has 0 radical (unpaired) electrons. The third kappa shape index (κ3) is 2.74. The van der Waals surface area contributed by atoms with E-state index in [1.54, 1.807) is 13.2 Å². The summed E-state index contributed by atoms with van der Waals surface area (Å²) in [6.07, 6.45) is 7.45. The monoisotopic (exact) mass is 318 g/mol. The van der Waals surface area contributed by atoms with Crippen molar-refractivity contribution in [2.75, 3.05) is 7.05 Å². The molecular weight excluding hydrogens is 300 g/mol. The summed E-state index contributed by atoms with van der Waals surface area (Å²) >= 11 is 0. The van der Waals surface area contributed by atoms with Crippen LogP contribution < -0.4 is 5.32 Å². The van der Waals surface area contributed by atoms with E-state index >= 15 is 0 Å². The number of nitrogens with zero attached hydrogens (tertiary/aromatic N) is 2. The van der Waals surface area contributed by atoms with Gasteiger partial charge in [-0.1, -0.05) is 18.1 Å². The average molecular weight is 318 g/mol. The van der Waals surface area contributed by atoms with E-state index in [4.69, 9.17) is 11.8 Å². The van der Waals surface area contributed by atoms with Gasteiger partial charge in [0.2, 0.25) is 5.91 Å². The molecule has 2 N–H and O–H groups in total. The number of pyridine rings is 1. The highest BCUT2D eigenvalue weighted by atomic mass is 16.2. The van der Waals surface area contributed by atoms with Gasteiger partial charge in [0, 0.05) is 24.4 Å². The minimum absolute atomic E-state index is 0.0889. The number of hydrogen-bond acceptors (Lipinski definition) is 3. The predicted octanol–water partition coefficient (Wildman–Crippen LogP) is 2.33. The van der Waals surface area contributed by atoms with Crippen LogP contribution in [0.5, 0.6) is 0 Å². The number of terminal acetylenes is 1. The molecule has 2 aromatic rings. The molecular formula is C19H18N4O. The number of rotatable bonds is 2. The second-order valence-electron chi connectivity index (χ2n) is 6.09. The van der Waals surface area contributed by atoms with Gasteiger partial charge in [-0.25, -0.2) is 0 Å². The Morgan fingerprint density at radius 3 is 2.88 bits per heavy atom. The van der Waals surface area contributed by atoms with Crippen molar-refractivity contribution in [3.63, 3.8) is 0 Å².